The standard InChI is InChI=1S/C24H28N2O3/c1-17-4-9-21(18(2)14-17)19-5-7-20(8-6-19)22(27)25-10-12-26(13-11-25)23(28)24(3)15-29-16-24/h4-9,14H,10-13,15-16H2,1-3H3. The molecule has 152 valence electrons. The summed E-state index contributed by atoms with van der Waals surface area (Å²) in [5, 5.41) is 0. The molecule has 2 aromatic carbocycles. The molecule has 2 amide bonds. The van der Waals surface area contributed by atoms with Crippen LogP contribution in [0.4, 0.5) is 0 Å². The molecular formula is C24H28N2O3. The molecule has 2 aromatic rings. The van der Waals surface area contributed by atoms with E-state index in [2.05, 4.69) is 32.0 Å². The van der Waals surface area contributed by atoms with Crippen LogP contribution < -0.4 is 0 Å². The smallest absolute Gasteiger partial charge is 0.253 e. The van der Waals surface area contributed by atoms with Crippen LogP contribution in [0.5, 0.6) is 0 Å². The van der Waals surface area contributed by atoms with E-state index in [1.807, 2.05) is 41.0 Å². The predicted molar refractivity (Wildman–Crippen MR) is 113 cm³/mol. The first-order valence-electron chi connectivity index (χ1n) is 10.2. The number of carbonyl (C=O) groups excluding carboxylic acids is 2. The van der Waals surface area contributed by atoms with Crippen LogP contribution in [0.15, 0.2) is 42.5 Å². The van der Waals surface area contributed by atoms with Gasteiger partial charge in [0.1, 0.15) is 0 Å². The quantitative estimate of drug-likeness (QED) is 0.805. The van der Waals surface area contributed by atoms with E-state index in [0.29, 0.717) is 45.0 Å². The largest absolute Gasteiger partial charge is 0.379 e. The van der Waals surface area contributed by atoms with Crippen LogP contribution in [-0.2, 0) is 9.53 Å². The Morgan fingerprint density at radius 3 is 2.07 bits per heavy atom. The van der Waals surface area contributed by atoms with Gasteiger partial charge in [0.05, 0.1) is 18.6 Å². The van der Waals surface area contributed by atoms with Gasteiger partial charge in [-0.3, -0.25) is 9.59 Å². The van der Waals surface area contributed by atoms with E-state index in [4.69, 9.17) is 4.74 Å². The Labute approximate surface area is 172 Å². The number of benzene rings is 2. The lowest BCUT2D eigenvalue weighted by molar-refractivity contribution is -0.170. The van der Waals surface area contributed by atoms with Crippen molar-refractivity contribution in [2.45, 2.75) is 20.8 Å². The summed E-state index contributed by atoms with van der Waals surface area (Å²) >= 11 is 0. The number of ether oxygens (including phenoxy) is 1. The second-order valence-corrected chi connectivity index (χ2v) is 8.53. The molecule has 5 heteroatoms. The summed E-state index contributed by atoms with van der Waals surface area (Å²) in [6.07, 6.45) is 0. The van der Waals surface area contributed by atoms with E-state index in [1.54, 1.807) is 0 Å². The summed E-state index contributed by atoms with van der Waals surface area (Å²) < 4.78 is 5.21. The van der Waals surface area contributed by atoms with Crippen molar-refractivity contribution in [2.75, 3.05) is 39.4 Å². The molecular weight excluding hydrogens is 364 g/mol. The molecule has 5 nitrogen and oxygen atoms in total. The second kappa shape index (κ2) is 7.64. The maximum absolute atomic E-state index is 12.9. The van der Waals surface area contributed by atoms with Crippen molar-refractivity contribution in [2.24, 2.45) is 5.41 Å². The van der Waals surface area contributed by atoms with Crippen molar-refractivity contribution in [1.82, 2.24) is 9.80 Å². The highest BCUT2D eigenvalue weighted by Crippen LogP contribution is 2.30. The molecule has 0 atom stereocenters. The summed E-state index contributed by atoms with van der Waals surface area (Å²) in [7, 11) is 0. The number of hydrogen-bond acceptors (Lipinski definition) is 3. The lowest BCUT2D eigenvalue weighted by atomic mass is 9.86. The fraction of sp³-hybridized carbons (Fsp3) is 0.417. The van der Waals surface area contributed by atoms with Crippen LogP contribution in [0, 0.1) is 19.3 Å². The Bertz CT molecular complexity index is 924. The number of piperazine rings is 1. The summed E-state index contributed by atoms with van der Waals surface area (Å²) in [4.78, 5) is 29.2. The fourth-order valence-corrected chi connectivity index (χ4v) is 4.14. The van der Waals surface area contributed by atoms with Gasteiger partial charge >= 0.3 is 0 Å². The van der Waals surface area contributed by atoms with Crippen molar-refractivity contribution >= 4 is 11.8 Å². The van der Waals surface area contributed by atoms with Crippen molar-refractivity contribution in [3.63, 3.8) is 0 Å². The van der Waals surface area contributed by atoms with Gasteiger partial charge in [0.15, 0.2) is 0 Å². The van der Waals surface area contributed by atoms with Gasteiger partial charge in [-0.05, 0) is 49.6 Å². The van der Waals surface area contributed by atoms with Crippen molar-refractivity contribution in [3.8, 4) is 11.1 Å². The number of amides is 2. The Hall–Kier alpha value is -2.66. The molecule has 0 aliphatic carbocycles. The van der Waals surface area contributed by atoms with Crippen LogP contribution in [0.2, 0.25) is 0 Å². The van der Waals surface area contributed by atoms with Gasteiger partial charge in [-0.1, -0.05) is 35.9 Å². The summed E-state index contributed by atoms with van der Waals surface area (Å²) in [6, 6.07) is 14.3. The zero-order chi connectivity index (χ0) is 20.6. The van der Waals surface area contributed by atoms with Gasteiger partial charge in [-0.15, -0.1) is 0 Å². The monoisotopic (exact) mass is 392 g/mol. The first-order valence-corrected chi connectivity index (χ1v) is 10.2. The zero-order valence-electron chi connectivity index (χ0n) is 17.4. The van der Waals surface area contributed by atoms with Crippen LogP contribution in [0.3, 0.4) is 0 Å². The number of rotatable bonds is 3. The van der Waals surface area contributed by atoms with Crippen LogP contribution in [-0.4, -0.2) is 61.0 Å². The molecule has 0 unspecified atom stereocenters. The molecule has 2 fully saturated rings. The molecule has 0 radical (unpaired) electrons. The average molecular weight is 392 g/mol. The number of nitrogens with zero attached hydrogens (tertiary/aromatic N) is 2. The van der Waals surface area contributed by atoms with Crippen molar-refractivity contribution < 1.29 is 14.3 Å². The van der Waals surface area contributed by atoms with E-state index < -0.39 is 0 Å². The highest BCUT2D eigenvalue weighted by molar-refractivity contribution is 5.95. The van der Waals surface area contributed by atoms with Crippen LogP contribution in [0.25, 0.3) is 11.1 Å². The van der Waals surface area contributed by atoms with Gasteiger partial charge < -0.3 is 14.5 Å². The van der Waals surface area contributed by atoms with E-state index >= 15 is 0 Å². The van der Waals surface area contributed by atoms with E-state index in [-0.39, 0.29) is 17.2 Å². The predicted octanol–water partition coefficient (Wildman–Crippen LogP) is 3.29. The third-order valence-electron chi connectivity index (χ3n) is 6.04. The molecule has 4 rings (SSSR count). The van der Waals surface area contributed by atoms with E-state index in [9.17, 15) is 9.59 Å². The Balaban J connectivity index is 1.39. The maximum atomic E-state index is 12.9. The SMILES string of the molecule is Cc1ccc(-c2ccc(C(=O)N3CCN(C(=O)C4(C)COC4)CC3)cc2)c(C)c1. The van der Waals surface area contributed by atoms with E-state index in [1.165, 1.54) is 16.7 Å². The average Bonchev–Trinajstić information content (AvgIpc) is 2.71. The molecule has 2 heterocycles. The molecule has 0 spiro atoms. The van der Waals surface area contributed by atoms with Crippen molar-refractivity contribution in [3.05, 3.63) is 59.2 Å². The number of hydrogen-bond donors (Lipinski definition) is 0. The van der Waals surface area contributed by atoms with Crippen LogP contribution in [0.1, 0.15) is 28.4 Å². The minimum atomic E-state index is -0.379. The molecule has 0 aromatic heterocycles. The second-order valence-electron chi connectivity index (χ2n) is 8.53. The zero-order valence-corrected chi connectivity index (χ0v) is 17.4. The van der Waals surface area contributed by atoms with Gasteiger partial charge in [-0.2, -0.15) is 0 Å². The summed E-state index contributed by atoms with van der Waals surface area (Å²) in [5.74, 6) is 0.177. The third-order valence-corrected chi connectivity index (χ3v) is 6.04. The molecule has 29 heavy (non-hydrogen) atoms. The van der Waals surface area contributed by atoms with Gasteiger partial charge in [0.2, 0.25) is 5.91 Å². The topological polar surface area (TPSA) is 49.9 Å². The molecule has 0 N–H and O–H groups in total. The first-order chi connectivity index (χ1) is 13.9. The minimum absolute atomic E-state index is 0.0301. The lowest BCUT2D eigenvalue weighted by Crippen LogP contribution is -2.58. The molecule has 2 aliphatic heterocycles. The number of carbonyl (C=O) groups is 2. The van der Waals surface area contributed by atoms with Gasteiger partial charge in [-0.25, -0.2) is 0 Å². The Morgan fingerprint density at radius 2 is 1.52 bits per heavy atom. The fourth-order valence-electron chi connectivity index (χ4n) is 4.14. The highest BCUT2D eigenvalue weighted by atomic mass is 16.5. The lowest BCUT2D eigenvalue weighted by Gasteiger charge is -2.43. The van der Waals surface area contributed by atoms with E-state index in [0.717, 1.165) is 5.56 Å². The van der Waals surface area contributed by atoms with Crippen molar-refractivity contribution in [1.29, 1.82) is 0 Å². The minimum Gasteiger partial charge on any atom is -0.379 e. The Kier molecular flexibility index (Phi) is 5.17. The third kappa shape index (κ3) is 3.79. The molecule has 2 aliphatic rings. The molecule has 0 saturated carbocycles. The molecule has 0 bridgehead atoms. The highest BCUT2D eigenvalue weighted by Gasteiger charge is 2.44. The van der Waals surface area contributed by atoms with Gasteiger partial charge in [0.25, 0.3) is 5.91 Å². The molecule has 2 saturated heterocycles. The summed E-state index contributed by atoms with van der Waals surface area (Å²) in [6.45, 7) is 9.45. The first kappa shape index (κ1) is 19.6. The normalized spacial score (nSPS) is 18.3. The van der Waals surface area contributed by atoms with Gasteiger partial charge in [0, 0.05) is 31.7 Å². The Morgan fingerprint density at radius 1 is 0.897 bits per heavy atom. The number of aryl methyl sites for hydroxylation is 2. The summed E-state index contributed by atoms with van der Waals surface area (Å²) in [5.41, 5.74) is 5.10. The van der Waals surface area contributed by atoms with Crippen LogP contribution >= 0.6 is 0 Å². The maximum Gasteiger partial charge on any atom is 0.253 e.